The molecule has 0 atom stereocenters. The summed E-state index contributed by atoms with van der Waals surface area (Å²) in [5, 5.41) is 2.66. The van der Waals surface area contributed by atoms with E-state index in [0.717, 1.165) is 11.3 Å². The van der Waals surface area contributed by atoms with Crippen LogP contribution < -0.4 is 5.73 Å². The van der Waals surface area contributed by atoms with E-state index in [1.807, 2.05) is 29.5 Å². The van der Waals surface area contributed by atoms with Crippen molar-refractivity contribution in [3.63, 3.8) is 0 Å². The molecule has 0 amide bonds. The van der Waals surface area contributed by atoms with E-state index in [-0.39, 0.29) is 0 Å². The van der Waals surface area contributed by atoms with Gasteiger partial charge in [-0.15, -0.1) is 11.3 Å². The van der Waals surface area contributed by atoms with Gasteiger partial charge in [-0.05, 0) is 23.8 Å². The molecule has 20 heavy (non-hydrogen) atoms. The largest absolute Gasteiger partial charge is 0.398 e. The lowest BCUT2D eigenvalue weighted by Crippen LogP contribution is -1.88. The van der Waals surface area contributed by atoms with Crippen molar-refractivity contribution < 1.29 is 0 Å². The van der Waals surface area contributed by atoms with Crippen LogP contribution >= 0.6 is 11.3 Å². The second-order valence-corrected chi connectivity index (χ2v) is 5.98. The van der Waals surface area contributed by atoms with Crippen LogP contribution in [0.3, 0.4) is 0 Å². The smallest absolute Gasteiger partial charge is 0.0393 e. The van der Waals surface area contributed by atoms with Gasteiger partial charge in [-0.25, -0.2) is 0 Å². The third-order valence-corrected chi connectivity index (χ3v) is 4.78. The van der Waals surface area contributed by atoms with E-state index in [2.05, 4.69) is 48.5 Å². The second kappa shape index (κ2) is 4.36. The lowest BCUT2D eigenvalue weighted by atomic mass is 10.0. The summed E-state index contributed by atoms with van der Waals surface area (Å²) in [5.41, 5.74) is 9.19. The number of hydrogen-bond donors (Lipinski definition) is 1. The van der Waals surface area contributed by atoms with Gasteiger partial charge in [-0.3, -0.25) is 0 Å². The highest BCUT2D eigenvalue weighted by Crippen LogP contribution is 2.37. The molecule has 0 spiro atoms. The average Bonchev–Trinajstić information content (AvgIpc) is 2.85. The summed E-state index contributed by atoms with van der Waals surface area (Å²) in [4.78, 5) is 0. The number of hydrogen-bond acceptors (Lipinski definition) is 2. The van der Waals surface area contributed by atoms with Crippen LogP contribution in [0.4, 0.5) is 5.69 Å². The van der Waals surface area contributed by atoms with Crippen LogP contribution in [0.2, 0.25) is 0 Å². The monoisotopic (exact) mass is 275 g/mol. The first-order valence-electron chi connectivity index (χ1n) is 6.59. The Hall–Kier alpha value is -2.32. The maximum atomic E-state index is 6.08. The summed E-state index contributed by atoms with van der Waals surface area (Å²) in [6, 6.07) is 23.2. The molecule has 0 saturated heterocycles. The highest BCUT2D eigenvalue weighted by Gasteiger charge is 2.07. The minimum absolute atomic E-state index is 0.827. The molecule has 3 aromatic carbocycles. The van der Waals surface area contributed by atoms with E-state index < -0.39 is 0 Å². The molecule has 0 bridgehead atoms. The summed E-state index contributed by atoms with van der Waals surface area (Å²) < 4.78 is 2.65. The summed E-state index contributed by atoms with van der Waals surface area (Å²) in [6.45, 7) is 0. The van der Waals surface area contributed by atoms with Crippen LogP contribution in [0, 0.1) is 0 Å². The standard InChI is InChI=1S/C18H13NS/c19-16-7-3-1-5-13(16)12-9-10-15-14-6-2-4-8-17(14)20-18(15)11-12/h1-11H,19H2. The molecule has 0 unspecified atom stereocenters. The molecule has 2 heteroatoms. The van der Waals surface area contributed by atoms with Crippen molar-refractivity contribution in [2.75, 3.05) is 5.73 Å². The van der Waals surface area contributed by atoms with E-state index in [1.165, 1.54) is 25.7 Å². The van der Waals surface area contributed by atoms with E-state index >= 15 is 0 Å². The zero-order chi connectivity index (χ0) is 13.5. The van der Waals surface area contributed by atoms with Crippen LogP contribution in [0.25, 0.3) is 31.3 Å². The minimum atomic E-state index is 0.827. The molecule has 2 N–H and O–H groups in total. The number of rotatable bonds is 1. The number of nitrogen functional groups attached to an aromatic ring is 1. The Morgan fingerprint density at radius 2 is 1.45 bits per heavy atom. The van der Waals surface area contributed by atoms with Crippen molar-refractivity contribution in [3.8, 4) is 11.1 Å². The maximum Gasteiger partial charge on any atom is 0.0393 e. The first-order chi connectivity index (χ1) is 9.83. The van der Waals surface area contributed by atoms with Crippen LogP contribution in [0.5, 0.6) is 0 Å². The molecule has 0 aliphatic heterocycles. The van der Waals surface area contributed by atoms with Gasteiger partial charge in [0, 0.05) is 31.4 Å². The van der Waals surface area contributed by atoms with Gasteiger partial charge in [-0.2, -0.15) is 0 Å². The Bertz CT molecular complexity index is 921. The van der Waals surface area contributed by atoms with Crippen molar-refractivity contribution in [2.45, 2.75) is 0 Å². The molecule has 96 valence electrons. The van der Waals surface area contributed by atoms with Crippen LogP contribution in [-0.4, -0.2) is 0 Å². The van der Waals surface area contributed by atoms with Crippen LogP contribution in [0.1, 0.15) is 0 Å². The Labute approximate surface area is 121 Å². The molecule has 0 aliphatic carbocycles. The Morgan fingerprint density at radius 3 is 2.35 bits per heavy atom. The molecule has 1 aromatic heterocycles. The van der Waals surface area contributed by atoms with Gasteiger partial charge < -0.3 is 5.73 Å². The zero-order valence-electron chi connectivity index (χ0n) is 10.8. The first kappa shape index (κ1) is 11.5. The van der Waals surface area contributed by atoms with Crippen LogP contribution in [0.15, 0.2) is 66.7 Å². The summed E-state index contributed by atoms with van der Waals surface area (Å²) in [6.07, 6.45) is 0. The molecular formula is C18H13NS. The van der Waals surface area contributed by atoms with E-state index in [9.17, 15) is 0 Å². The number of benzene rings is 3. The van der Waals surface area contributed by atoms with E-state index in [1.54, 1.807) is 0 Å². The van der Waals surface area contributed by atoms with Gasteiger partial charge in [0.15, 0.2) is 0 Å². The zero-order valence-corrected chi connectivity index (χ0v) is 11.7. The van der Waals surface area contributed by atoms with Crippen molar-refractivity contribution in [1.82, 2.24) is 0 Å². The van der Waals surface area contributed by atoms with Gasteiger partial charge in [0.05, 0.1) is 0 Å². The molecule has 4 rings (SSSR count). The molecular weight excluding hydrogens is 262 g/mol. The van der Waals surface area contributed by atoms with Crippen LogP contribution in [-0.2, 0) is 0 Å². The Morgan fingerprint density at radius 1 is 0.700 bits per heavy atom. The van der Waals surface area contributed by atoms with Crippen molar-refractivity contribution in [1.29, 1.82) is 0 Å². The Kier molecular flexibility index (Phi) is 2.51. The molecule has 1 heterocycles. The number of para-hydroxylation sites is 1. The molecule has 0 aliphatic rings. The van der Waals surface area contributed by atoms with Crippen molar-refractivity contribution in [2.24, 2.45) is 0 Å². The number of thiophene rings is 1. The topological polar surface area (TPSA) is 26.0 Å². The van der Waals surface area contributed by atoms with Crippen molar-refractivity contribution in [3.05, 3.63) is 66.7 Å². The fourth-order valence-electron chi connectivity index (χ4n) is 2.65. The predicted molar refractivity (Wildman–Crippen MR) is 89.2 cm³/mol. The maximum absolute atomic E-state index is 6.08. The van der Waals surface area contributed by atoms with Gasteiger partial charge in [0.2, 0.25) is 0 Å². The fourth-order valence-corrected chi connectivity index (χ4v) is 3.80. The number of anilines is 1. The summed E-state index contributed by atoms with van der Waals surface area (Å²) in [5.74, 6) is 0. The number of fused-ring (bicyclic) bond motifs is 3. The molecule has 4 aromatic rings. The third kappa shape index (κ3) is 1.69. The normalized spacial score (nSPS) is 11.2. The highest BCUT2D eigenvalue weighted by atomic mass is 32.1. The van der Waals surface area contributed by atoms with Gasteiger partial charge in [0.25, 0.3) is 0 Å². The lowest BCUT2D eigenvalue weighted by Gasteiger charge is -2.05. The summed E-state index contributed by atoms with van der Waals surface area (Å²) >= 11 is 1.84. The third-order valence-electron chi connectivity index (χ3n) is 3.65. The summed E-state index contributed by atoms with van der Waals surface area (Å²) in [7, 11) is 0. The van der Waals surface area contributed by atoms with Gasteiger partial charge in [0.1, 0.15) is 0 Å². The Balaban J connectivity index is 2.00. The molecule has 0 radical (unpaired) electrons. The van der Waals surface area contributed by atoms with Gasteiger partial charge >= 0.3 is 0 Å². The SMILES string of the molecule is Nc1ccccc1-c1ccc2c(c1)sc1ccccc12. The second-order valence-electron chi connectivity index (χ2n) is 4.90. The van der Waals surface area contributed by atoms with E-state index in [0.29, 0.717) is 0 Å². The number of nitrogens with two attached hydrogens (primary N) is 1. The molecule has 0 saturated carbocycles. The minimum Gasteiger partial charge on any atom is -0.398 e. The average molecular weight is 275 g/mol. The molecule has 1 nitrogen and oxygen atoms in total. The predicted octanol–water partition coefficient (Wildman–Crippen LogP) is 5.30. The van der Waals surface area contributed by atoms with E-state index in [4.69, 9.17) is 5.73 Å². The molecule has 0 fully saturated rings. The quantitative estimate of drug-likeness (QED) is 0.468. The highest BCUT2D eigenvalue weighted by molar-refractivity contribution is 7.25. The fraction of sp³-hybridized carbons (Fsp3) is 0. The van der Waals surface area contributed by atoms with Gasteiger partial charge in [-0.1, -0.05) is 48.5 Å². The first-order valence-corrected chi connectivity index (χ1v) is 7.41. The lowest BCUT2D eigenvalue weighted by molar-refractivity contribution is 1.64. The van der Waals surface area contributed by atoms with Crippen molar-refractivity contribution >= 4 is 37.2 Å².